The van der Waals surface area contributed by atoms with E-state index in [1.807, 2.05) is 12.3 Å². The quantitative estimate of drug-likeness (QED) is 0.739. The van der Waals surface area contributed by atoms with E-state index in [4.69, 9.17) is 0 Å². The van der Waals surface area contributed by atoms with Crippen molar-refractivity contribution in [3.63, 3.8) is 0 Å². The van der Waals surface area contributed by atoms with Gasteiger partial charge in [-0.1, -0.05) is 30.3 Å². The number of hydrogen-bond donors (Lipinski definition) is 1. The highest BCUT2D eigenvalue weighted by Gasteiger charge is 2.19. The molecule has 0 aliphatic carbocycles. The Morgan fingerprint density at radius 3 is 2.71 bits per heavy atom. The largest absolute Gasteiger partial charge is 0.304 e. The maximum absolute atomic E-state index is 12.1. The van der Waals surface area contributed by atoms with Crippen molar-refractivity contribution in [3.8, 4) is 11.1 Å². The van der Waals surface area contributed by atoms with Crippen LogP contribution in [0.1, 0.15) is 15.9 Å². The fourth-order valence-electron chi connectivity index (χ4n) is 3.21. The molecule has 0 atom stereocenters. The van der Waals surface area contributed by atoms with Gasteiger partial charge in [0.1, 0.15) is 0 Å². The summed E-state index contributed by atoms with van der Waals surface area (Å²) in [4.78, 5) is 12.1. The molecule has 0 amide bonds. The standard InChI is InChI=1S/C18H16N2O/c1-12-15-7-8-20-17(21)11-19-10-14(18(15)20)9-16(12)13-5-3-2-4-6-13/h2-9,19H,10-11H2,1H3. The molecule has 0 saturated carbocycles. The second kappa shape index (κ2) is 4.57. The first-order valence-corrected chi connectivity index (χ1v) is 7.18. The fourth-order valence-corrected chi connectivity index (χ4v) is 3.21. The fraction of sp³-hybridized carbons (Fsp3) is 0.167. The van der Waals surface area contributed by atoms with E-state index in [0.29, 0.717) is 6.54 Å². The first-order chi connectivity index (χ1) is 10.3. The molecule has 0 unspecified atom stereocenters. The zero-order chi connectivity index (χ0) is 14.4. The summed E-state index contributed by atoms with van der Waals surface area (Å²) >= 11 is 0. The third kappa shape index (κ3) is 1.82. The Hall–Kier alpha value is -2.39. The summed E-state index contributed by atoms with van der Waals surface area (Å²) in [5, 5.41) is 4.39. The van der Waals surface area contributed by atoms with Crippen molar-refractivity contribution < 1.29 is 4.79 Å². The van der Waals surface area contributed by atoms with Crippen LogP contribution in [0.2, 0.25) is 0 Å². The van der Waals surface area contributed by atoms with E-state index in [9.17, 15) is 4.79 Å². The summed E-state index contributed by atoms with van der Waals surface area (Å²) in [6.45, 7) is 3.25. The molecule has 0 radical (unpaired) electrons. The van der Waals surface area contributed by atoms with Gasteiger partial charge >= 0.3 is 0 Å². The van der Waals surface area contributed by atoms with Crippen molar-refractivity contribution in [2.45, 2.75) is 13.5 Å². The van der Waals surface area contributed by atoms with Crippen LogP contribution in [0.3, 0.4) is 0 Å². The van der Waals surface area contributed by atoms with Crippen molar-refractivity contribution in [1.29, 1.82) is 0 Å². The zero-order valence-corrected chi connectivity index (χ0v) is 11.9. The summed E-state index contributed by atoms with van der Waals surface area (Å²) in [5.74, 6) is 0.107. The molecule has 2 aromatic carbocycles. The first-order valence-electron chi connectivity index (χ1n) is 7.18. The third-order valence-corrected chi connectivity index (χ3v) is 4.26. The smallest absolute Gasteiger partial charge is 0.245 e. The van der Waals surface area contributed by atoms with Gasteiger partial charge in [0.15, 0.2) is 0 Å². The summed E-state index contributed by atoms with van der Waals surface area (Å²) in [7, 11) is 0. The summed E-state index contributed by atoms with van der Waals surface area (Å²) in [6.07, 6.45) is 1.89. The van der Waals surface area contributed by atoms with Gasteiger partial charge in [0.25, 0.3) is 0 Å². The number of nitrogens with one attached hydrogen (secondary N) is 1. The Kier molecular flexibility index (Phi) is 2.69. The molecule has 2 heterocycles. The van der Waals surface area contributed by atoms with E-state index in [2.05, 4.69) is 48.6 Å². The average molecular weight is 276 g/mol. The normalized spacial score (nSPS) is 14.4. The van der Waals surface area contributed by atoms with Gasteiger partial charge in [0, 0.05) is 18.1 Å². The molecular weight excluding hydrogens is 260 g/mol. The van der Waals surface area contributed by atoms with Gasteiger partial charge in [-0.25, -0.2) is 0 Å². The van der Waals surface area contributed by atoms with Gasteiger partial charge in [-0.2, -0.15) is 0 Å². The molecule has 1 aliphatic rings. The zero-order valence-electron chi connectivity index (χ0n) is 11.9. The lowest BCUT2D eigenvalue weighted by atomic mass is 9.95. The Labute approximate surface area is 123 Å². The van der Waals surface area contributed by atoms with Crippen molar-refractivity contribution in [2.75, 3.05) is 6.54 Å². The van der Waals surface area contributed by atoms with Crippen LogP contribution in [-0.2, 0) is 6.54 Å². The monoisotopic (exact) mass is 276 g/mol. The average Bonchev–Trinajstić information content (AvgIpc) is 2.89. The number of benzene rings is 2. The number of carbonyl (C=O) groups excluding carboxylic acids is 1. The second-order valence-corrected chi connectivity index (χ2v) is 5.52. The number of aryl methyl sites for hydroxylation is 1. The molecule has 0 spiro atoms. The molecule has 3 aromatic rings. The topological polar surface area (TPSA) is 34.0 Å². The van der Waals surface area contributed by atoms with E-state index < -0.39 is 0 Å². The lowest BCUT2D eigenvalue weighted by molar-refractivity contribution is 0.0920. The maximum atomic E-state index is 12.1. The lowest BCUT2D eigenvalue weighted by Gasteiger charge is -2.12. The van der Waals surface area contributed by atoms with Gasteiger partial charge < -0.3 is 5.32 Å². The van der Waals surface area contributed by atoms with Crippen LogP contribution in [0.25, 0.3) is 22.0 Å². The molecule has 1 N–H and O–H groups in total. The van der Waals surface area contributed by atoms with Gasteiger partial charge in [-0.3, -0.25) is 9.36 Å². The minimum atomic E-state index is 0.107. The number of carbonyl (C=O) groups is 1. The van der Waals surface area contributed by atoms with E-state index in [1.165, 1.54) is 27.6 Å². The number of rotatable bonds is 1. The number of hydrogen-bond acceptors (Lipinski definition) is 2. The molecule has 0 saturated heterocycles. The van der Waals surface area contributed by atoms with Crippen LogP contribution in [0.4, 0.5) is 0 Å². The van der Waals surface area contributed by atoms with Crippen LogP contribution in [0.15, 0.2) is 48.7 Å². The van der Waals surface area contributed by atoms with E-state index in [-0.39, 0.29) is 5.91 Å². The molecular formula is C18H16N2O. The van der Waals surface area contributed by atoms with E-state index in [1.54, 1.807) is 4.57 Å². The van der Waals surface area contributed by atoms with Gasteiger partial charge in [-0.05, 0) is 41.3 Å². The molecule has 104 valence electrons. The maximum Gasteiger partial charge on any atom is 0.245 e. The van der Waals surface area contributed by atoms with Crippen molar-refractivity contribution in [1.82, 2.24) is 9.88 Å². The van der Waals surface area contributed by atoms with E-state index >= 15 is 0 Å². The second-order valence-electron chi connectivity index (χ2n) is 5.52. The SMILES string of the molecule is Cc1c(-c2ccccc2)cc2c3c1ccn3C(=O)CNC2. The highest BCUT2D eigenvalue weighted by Crippen LogP contribution is 2.33. The van der Waals surface area contributed by atoms with Gasteiger partial charge in [-0.15, -0.1) is 0 Å². The van der Waals surface area contributed by atoms with Crippen LogP contribution in [-0.4, -0.2) is 17.0 Å². The van der Waals surface area contributed by atoms with Crippen LogP contribution >= 0.6 is 0 Å². The molecule has 3 nitrogen and oxygen atoms in total. The van der Waals surface area contributed by atoms with Crippen molar-refractivity contribution in [2.24, 2.45) is 0 Å². The van der Waals surface area contributed by atoms with E-state index in [0.717, 1.165) is 12.1 Å². The predicted octanol–water partition coefficient (Wildman–Crippen LogP) is 3.36. The minimum absolute atomic E-state index is 0.107. The molecule has 1 aromatic heterocycles. The van der Waals surface area contributed by atoms with Crippen LogP contribution in [0.5, 0.6) is 0 Å². The molecule has 4 rings (SSSR count). The molecule has 0 bridgehead atoms. The third-order valence-electron chi connectivity index (χ3n) is 4.26. The molecule has 1 aliphatic heterocycles. The van der Waals surface area contributed by atoms with Crippen LogP contribution < -0.4 is 5.32 Å². The molecule has 21 heavy (non-hydrogen) atoms. The molecule has 0 fully saturated rings. The van der Waals surface area contributed by atoms with Gasteiger partial charge in [0.05, 0.1) is 12.1 Å². The summed E-state index contributed by atoms with van der Waals surface area (Å²) in [5.41, 5.74) is 5.93. The van der Waals surface area contributed by atoms with Crippen molar-refractivity contribution >= 4 is 16.8 Å². The Balaban J connectivity index is 2.06. The highest BCUT2D eigenvalue weighted by atomic mass is 16.2. The minimum Gasteiger partial charge on any atom is -0.304 e. The molecule has 3 heteroatoms. The summed E-state index contributed by atoms with van der Waals surface area (Å²) < 4.78 is 1.78. The first kappa shape index (κ1) is 12.4. The highest BCUT2D eigenvalue weighted by molar-refractivity contribution is 6.00. The number of aromatic nitrogens is 1. The lowest BCUT2D eigenvalue weighted by Crippen LogP contribution is -2.23. The number of nitrogens with zero attached hydrogens (tertiary/aromatic N) is 1. The van der Waals surface area contributed by atoms with Crippen molar-refractivity contribution in [3.05, 3.63) is 59.8 Å². The summed E-state index contributed by atoms with van der Waals surface area (Å²) in [6, 6.07) is 14.7. The Bertz CT molecular complexity index is 847. The van der Waals surface area contributed by atoms with Gasteiger partial charge in [0.2, 0.25) is 5.91 Å². The predicted molar refractivity (Wildman–Crippen MR) is 84.4 cm³/mol. The van der Waals surface area contributed by atoms with Crippen LogP contribution in [0, 0.1) is 6.92 Å². The Morgan fingerprint density at radius 1 is 1.10 bits per heavy atom. The Morgan fingerprint density at radius 2 is 1.90 bits per heavy atom.